The standard InChI is InChI=1S/C14H20ClNO2/c1-9(2)14(3,4)8-16-13(18)10-5-6-12(17)11(15)7-10/h5-7,9,17H,8H2,1-4H3,(H,16,18). The van der Waals surface area contributed by atoms with E-state index in [2.05, 4.69) is 33.0 Å². The number of phenolic OH excluding ortho intramolecular Hbond substituents is 1. The van der Waals surface area contributed by atoms with E-state index in [0.717, 1.165) is 0 Å². The van der Waals surface area contributed by atoms with Crippen LogP contribution >= 0.6 is 11.6 Å². The van der Waals surface area contributed by atoms with E-state index in [0.29, 0.717) is 18.0 Å². The Labute approximate surface area is 113 Å². The van der Waals surface area contributed by atoms with Crippen LogP contribution in [0.15, 0.2) is 18.2 Å². The molecular formula is C14H20ClNO2. The Bertz CT molecular complexity index is 441. The minimum Gasteiger partial charge on any atom is -0.506 e. The van der Waals surface area contributed by atoms with E-state index in [9.17, 15) is 9.90 Å². The van der Waals surface area contributed by atoms with Crippen molar-refractivity contribution in [3.05, 3.63) is 28.8 Å². The molecule has 0 bridgehead atoms. The van der Waals surface area contributed by atoms with E-state index in [1.165, 1.54) is 12.1 Å². The molecule has 0 atom stereocenters. The monoisotopic (exact) mass is 269 g/mol. The van der Waals surface area contributed by atoms with Gasteiger partial charge >= 0.3 is 0 Å². The predicted molar refractivity (Wildman–Crippen MR) is 74.1 cm³/mol. The number of hydrogen-bond donors (Lipinski definition) is 2. The second kappa shape index (κ2) is 5.61. The molecule has 0 aliphatic rings. The van der Waals surface area contributed by atoms with Gasteiger partial charge in [0.25, 0.3) is 5.91 Å². The van der Waals surface area contributed by atoms with Crippen LogP contribution in [0.4, 0.5) is 0 Å². The summed E-state index contributed by atoms with van der Waals surface area (Å²) in [6, 6.07) is 4.44. The number of amides is 1. The lowest BCUT2D eigenvalue weighted by molar-refractivity contribution is 0.0925. The van der Waals surface area contributed by atoms with Crippen molar-refractivity contribution < 1.29 is 9.90 Å². The first-order valence-electron chi connectivity index (χ1n) is 6.01. The zero-order chi connectivity index (χ0) is 13.9. The second-order valence-electron chi connectivity index (χ2n) is 5.49. The Kier molecular flexibility index (Phi) is 4.63. The molecule has 0 heterocycles. The normalized spacial score (nSPS) is 11.7. The molecule has 0 radical (unpaired) electrons. The van der Waals surface area contributed by atoms with Gasteiger partial charge in [-0.25, -0.2) is 0 Å². The molecule has 1 aromatic carbocycles. The van der Waals surface area contributed by atoms with Crippen LogP contribution in [0, 0.1) is 11.3 Å². The molecule has 18 heavy (non-hydrogen) atoms. The average molecular weight is 270 g/mol. The highest BCUT2D eigenvalue weighted by atomic mass is 35.5. The third-order valence-corrected chi connectivity index (χ3v) is 3.78. The Morgan fingerprint density at radius 2 is 2.06 bits per heavy atom. The topological polar surface area (TPSA) is 49.3 Å². The molecule has 0 saturated heterocycles. The quantitative estimate of drug-likeness (QED) is 0.879. The summed E-state index contributed by atoms with van der Waals surface area (Å²) in [4.78, 5) is 11.9. The first-order chi connectivity index (χ1) is 8.24. The van der Waals surface area contributed by atoms with Gasteiger partial charge in [0.1, 0.15) is 5.75 Å². The minimum absolute atomic E-state index is 0.0178. The Morgan fingerprint density at radius 3 is 2.56 bits per heavy atom. The predicted octanol–water partition coefficient (Wildman–Crippen LogP) is 3.46. The van der Waals surface area contributed by atoms with Gasteiger partial charge in [-0.15, -0.1) is 0 Å². The van der Waals surface area contributed by atoms with Gasteiger partial charge in [-0.05, 0) is 29.5 Å². The summed E-state index contributed by atoms with van der Waals surface area (Å²) in [5, 5.41) is 12.4. The first-order valence-corrected chi connectivity index (χ1v) is 6.38. The van der Waals surface area contributed by atoms with Crippen LogP contribution in [0.5, 0.6) is 5.75 Å². The summed E-state index contributed by atoms with van der Waals surface area (Å²) < 4.78 is 0. The number of nitrogens with one attached hydrogen (secondary N) is 1. The van der Waals surface area contributed by atoms with Crippen molar-refractivity contribution in [1.29, 1.82) is 0 Å². The molecule has 0 aliphatic heterocycles. The van der Waals surface area contributed by atoms with E-state index in [4.69, 9.17) is 11.6 Å². The van der Waals surface area contributed by atoms with Crippen LogP contribution in [-0.2, 0) is 0 Å². The summed E-state index contributed by atoms with van der Waals surface area (Å²) in [6.07, 6.45) is 0. The fraction of sp³-hybridized carbons (Fsp3) is 0.500. The molecule has 1 aromatic rings. The smallest absolute Gasteiger partial charge is 0.251 e. The fourth-order valence-corrected chi connectivity index (χ4v) is 1.44. The fourth-order valence-electron chi connectivity index (χ4n) is 1.26. The van der Waals surface area contributed by atoms with Gasteiger partial charge in [-0.1, -0.05) is 39.3 Å². The van der Waals surface area contributed by atoms with Crippen molar-refractivity contribution in [1.82, 2.24) is 5.32 Å². The lowest BCUT2D eigenvalue weighted by Gasteiger charge is -2.29. The van der Waals surface area contributed by atoms with Crippen LogP contribution in [0.1, 0.15) is 38.1 Å². The zero-order valence-corrected chi connectivity index (χ0v) is 12.0. The molecule has 100 valence electrons. The molecule has 0 spiro atoms. The summed E-state index contributed by atoms with van der Waals surface area (Å²) >= 11 is 5.77. The van der Waals surface area contributed by atoms with Gasteiger partial charge in [0.05, 0.1) is 5.02 Å². The molecular weight excluding hydrogens is 250 g/mol. The van der Waals surface area contributed by atoms with Gasteiger partial charge in [-0.3, -0.25) is 4.79 Å². The van der Waals surface area contributed by atoms with Crippen molar-refractivity contribution >= 4 is 17.5 Å². The number of carbonyl (C=O) groups is 1. The van der Waals surface area contributed by atoms with E-state index in [-0.39, 0.29) is 22.1 Å². The van der Waals surface area contributed by atoms with E-state index >= 15 is 0 Å². The van der Waals surface area contributed by atoms with Gasteiger partial charge in [-0.2, -0.15) is 0 Å². The van der Waals surface area contributed by atoms with Gasteiger partial charge < -0.3 is 10.4 Å². The van der Waals surface area contributed by atoms with Gasteiger partial charge in [0.2, 0.25) is 0 Å². The summed E-state index contributed by atoms with van der Waals surface area (Å²) in [5.41, 5.74) is 0.494. The lowest BCUT2D eigenvalue weighted by atomic mass is 9.81. The highest BCUT2D eigenvalue weighted by Gasteiger charge is 2.23. The molecule has 0 unspecified atom stereocenters. The summed E-state index contributed by atoms with van der Waals surface area (Å²) in [6.45, 7) is 9.08. The number of hydrogen-bond acceptors (Lipinski definition) is 2. The summed E-state index contributed by atoms with van der Waals surface area (Å²) in [5.74, 6) is 0.280. The van der Waals surface area contributed by atoms with Crippen LogP contribution in [0.2, 0.25) is 5.02 Å². The van der Waals surface area contributed by atoms with Crippen LogP contribution in [0.3, 0.4) is 0 Å². The van der Waals surface area contributed by atoms with Crippen LogP contribution < -0.4 is 5.32 Å². The maximum atomic E-state index is 11.9. The second-order valence-corrected chi connectivity index (χ2v) is 5.90. The molecule has 0 fully saturated rings. The molecule has 4 heteroatoms. The van der Waals surface area contributed by atoms with Crippen LogP contribution in [-0.4, -0.2) is 17.6 Å². The van der Waals surface area contributed by atoms with Gasteiger partial charge in [0, 0.05) is 12.1 Å². The number of aromatic hydroxyl groups is 1. The lowest BCUT2D eigenvalue weighted by Crippen LogP contribution is -2.36. The van der Waals surface area contributed by atoms with E-state index in [1.54, 1.807) is 6.07 Å². The SMILES string of the molecule is CC(C)C(C)(C)CNC(=O)c1ccc(O)c(Cl)c1. The highest BCUT2D eigenvalue weighted by Crippen LogP contribution is 2.26. The highest BCUT2D eigenvalue weighted by molar-refractivity contribution is 6.32. The van der Waals surface area contributed by atoms with Crippen LogP contribution in [0.25, 0.3) is 0 Å². The number of benzene rings is 1. The van der Waals surface area contributed by atoms with Crippen molar-refractivity contribution in [2.75, 3.05) is 6.54 Å². The molecule has 0 aromatic heterocycles. The molecule has 2 N–H and O–H groups in total. The van der Waals surface area contributed by atoms with Crippen molar-refractivity contribution in [2.45, 2.75) is 27.7 Å². The largest absolute Gasteiger partial charge is 0.506 e. The third-order valence-electron chi connectivity index (χ3n) is 3.48. The molecule has 1 amide bonds. The zero-order valence-electron chi connectivity index (χ0n) is 11.2. The maximum Gasteiger partial charge on any atom is 0.251 e. The molecule has 1 rings (SSSR count). The third kappa shape index (κ3) is 3.64. The van der Waals surface area contributed by atoms with E-state index in [1.807, 2.05) is 0 Å². The number of halogens is 1. The van der Waals surface area contributed by atoms with Gasteiger partial charge in [0.15, 0.2) is 0 Å². The molecule has 0 saturated carbocycles. The molecule has 0 aliphatic carbocycles. The average Bonchev–Trinajstić information content (AvgIpc) is 2.29. The Morgan fingerprint density at radius 1 is 1.44 bits per heavy atom. The van der Waals surface area contributed by atoms with Crippen molar-refractivity contribution in [3.63, 3.8) is 0 Å². The maximum absolute atomic E-state index is 11.9. The number of phenols is 1. The van der Waals surface area contributed by atoms with Crippen molar-refractivity contribution in [2.24, 2.45) is 11.3 Å². The Hall–Kier alpha value is -1.22. The summed E-state index contributed by atoms with van der Waals surface area (Å²) in [7, 11) is 0. The number of carbonyl (C=O) groups excluding carboxylic acids is 1. The molecule has 3 nitrogen and oxygen atoms in total. The minimum atomic E-state index is -0.175. The number of rotatable bonds is 4. The Balaban J connectivity index is 2.69. The van der Waals surface area contributed by atoms with Crippen molar-refractivity contribution in [3.8, 4) is 5.75 Å². The van der Waals surface area contributed by atoms with E-state index < -0.39 is 0 Å². The first kappa shape index (κ1) is 14.8.